The molecule has 0 spiro atoms. The van der Waals surface area contributed by atoms with E-state index in [0.717, 1.165) is 28.6 Å². The van der Waals surface area contributed by atoms with Crippen molar-refractivity contribution >= 4 is 43.8 Å². The fraction of sp³-hybridized carbons (Fsp3) is 0.304. The van der Waals surface area contributed by atoms with Gasteiger partial charge in [0, 0.05) is 6.42 Å². The first-order valence-corrected chi connectivity index (χ1v) is 10.6. The molecule has 2 aromatic carbocycles. The van der Waals surface area contributed by atoms with E-state index in [1.54, 1.807) is 11.3 Å². The van der Waals surface area contributed by atoms with Gasteiger partial charge in [-0.3, -0.25) is 5.01 Å². The molecule has 0 atom stereocenters. The van der Waals surface area contributed by atoms with Crippen molar-refractivity contribution in [3.63, 3.8) is 0 Å². The van der Waals surface area contributed by atoms with Gasteiger partial charge in [-0.15, -0.1) is 0 Å². The Hall–Kier alpha value is -2.86. The smallest absolute Gasteiger partial charge is 0.259 e. The van der Waals surface area contributed by atoms with Crippen LogP contribution in [0.2, 0.25) is 0 Å². The Balaban J connectivity index is 1.56. The number of hydrogen-bond acceptors (Lipinski definition) is 5. The first kappa shape index (κ1) is 19.5. The number of fused-ring (bicyclic) bond motifs is 1. The van der Waals surface area contributed by atoms with Gasteiger partial charge in [-0.05, 0) is 86.6 Å². The number of allylic oxidation sites excluding steroid dienone is 2. The quantitative estimate of drug-likeness (QED) is 0.364. The summed E-state index contributed by atoms with van der Waals surface area (Å²) in [5.74, 6) is 0. The van der Waals surface area contributed by atoms with Crippen LogP contribution in [0, 0.1) is 0 Å². The average Bonchev–Trinajstić information content (AvgIpc) is 3.16. The molecule has 0 aliphatic carbocycles. The van der Waals surface area contributed by atoms with Gasteiger partial charge in [-0.25, -0.2) is 4.57 Å². The summed E-state index contributed by atoms with van der Waals surface area (Å²) in [6.45, 7) is 8.65. The molecule has 0 amide bonds. The lowest BCUT2D eigenvalue weighted by Crippen LogP contribution is -2.36. The SMILES string of the molecule is CC(C)=CC1=NN(c2ccc(N=Nc3sc4ccccc4[n+]3C)cc2)C(C)(C)C1. The Labute approximate surface area is 175 Å². The third-order valence-corrected chi connectivity index (χ3v) is 6.03. The number of aryl methyl sites for hydroxylation is 1. The van der Waals surface area contributed by atoms with Crippen LogP contribution in [0.3, 0.4) is 0 Å². The van der Waals surface area contributed by atoms with Crippen LogP contribution >= 0.6 is 11.3 Å². The van der Waals surface area contributed by atoms with E-state index in [0.29, 0.717) is 0 Å². The largest absolute Gasteiger partial charge is 0.409 e. The van der Waals surface area contributed by atoms with Crippen molar-refractivity contribution in [3.05, 3.63) is 60.2 Å². The van der Waals surface area contributed by atoms with E-state index in [2.05, 4.69) is 77.8 Å². The van der Waals surface area contributed by atoms with Gasteiger partial charge < -0.3 is 0 Å². The topological polar surface area (TPSA) is 44.2 Å². The fourth-order valence-electron chi connectivity index (χ4n) is 3.58. The lowest BCUT2D eigenvalue weighted by Gasteiger charge is -2.30. The molecule has 5 nitrogen and oxygen atoms in total. The minimum atomic E-state index is -0.0465. The van der Waals surface area contributed by atoms with Crippen LogP contribution in [0.15, 0.2) is 75.5 Å². The van der Waals surface area contributed by atoms with Crippen molar-refractivity contribution in [2.45, 2.75) is 39.7 Å². The zero-order valence-corrected chi connectivity index (χ0v) is 18.4. The first-order chi connectivity index (χ1) is 13.8. The third-order valence-electron chi connectivity index (χ3n) is 4.93. The number of hydrogen-bond donors (Lipinski definition) is 0. The molecule has 6 heteroatoms. The highest BCUT2D eigenvalue weighted by atomic mass is 32.1. The van der Waals surface area contributed by atoms with Gasteiger partial charge in [0.05, 0.1) is 33.8 Å². The van der Waals surface area contributed by atoms with E-state index in [9.17, 15) is 0 Å². The number of anilines is 1. The van der Waals surface area contributed by atoms with Gasteiger partial charge in [-0.2, -0.15) is 5.10 Å². The second kappa shape index (κ2) is 7.52. The minimum Gasteiger partial charge on any atom is -0.259 e. The number of azo groups is 1. The Morgan fingerprint density at radius 2 is 1.83 bits per heavy atom. The van der Waals surface area contributed by atoms with Crippen molar-refractivity contribution in [2.75, 3.05) is 5.01 Å². The maximum atomic E-state index is 4.83. The summed E-state index contributed by atoms with van der Waals surface area (Å²) in [5, 5.41) is 16.7. The Morgan fingerprint density at radius 1 is 1.10 bits per heavy atom. The summed E-state index contributed by atoms with van der Waals surface area (Å²) in [6, 6.07) is 16.4. The number of hydrazone groups is 1. The van der Waals surface area contributed by atoms with Gasteiger partial charge in [0.1, 0.15) is 11.2 Å². The third kappa shape index (κ3) is 3.98. The van der Waals surface area contributed by atoms with Crippen molar-refractivity contribution in [3.8, 4) is 0 Å². The predicted molar refractivity (Wildman–Crippen MR) is 122 cm³/mol. The standard InChI is InChI=1S/C23H26N5S/c1-16(2)14-18-15-23(3,4)28(26-18)19-12-10-17(11-13-19)24-25-22-27(5)20-8-6-7-9-21(20)29-22/h6-14H,15H2,1-5H3/q+1. The van der Waals surface area contributed by atoms with E-state index in [4.69, 9.17) is 5.10 Å². The molecule has 0 saturated carbocycles. The summed E-state index contributed by atoms with van der Waals surface area (Å²) in [7, 11) is 2.02. The average molecular weight is 405 g/mol. The summed E-state index contributed by atoms with van der Waals surface area (Å²) in [5.41, 5.74) is 5.41. The van der Waals surface area contributed by atoms with Gasteiger partial charge in [-0.1, -0.05) is 17.7 Å². The van der Waals surface area contributed by atoms with Gasteiger partial charge >= 0.3 is 5.13 Å². The van der Waals surface area contributed by atoms with Crippen molar-refractivity contribution in [2.24, 2.45) is 22.4 Å². The molecular weight excluding hydrogens is 378 g/mol. The normalized spacial score (nSPS) is 15.9. The summed E-state index contributed by atoms with van der Waals surface area (Å²) >= 11 is 1.64. The van der Waals surface area contributed by atoms with E-state index in [1.165, 1.54) is 15.8 Å². The molecule has 0 radical (unpaired) electrons. The maximum absolute atomic E-state index is 4.83. The molecular formula is C23H26N5S+. The molecule has 29 heavy (non-hydrogen) atoms. The van der Waals surface area contributed by atoms with Crippen LogP contribution in [0.1, 0.15) is 34.1 Å². The molecule has 1 aliphatic heterocycles. The zero-order chi connectivity index (χ0) is 20.6. The molecule has 3 aromatic rings. The molecule has 0 saturated heterocycles. The molecule has 1 aliphatic rings. The number of rotatable bonds is 4. The van der Waals surface area contributed by atoms with E-state index >= 15 is 0 Å². The monoisotopic (exact) mass is 404 g/mol. The maximum Gasteiger partial charge on any atom is 0.409 e. The molecule has 1 aromatic heterocycles. The summed E-state index contributed by atoms with van der Waals surface area (Å²) in [4.78, 5) is 0. The molecule has 0 bridgehead atoms. The predicted octanol–water partition coefficient (Wildman–Crippen LogP) is 6.45. The Kier molecular flexibility index (Phi) is 5.04. The summed E-state index contributed by atoms with van der Waals surface area (Å²) in [6.07, 6.45) is 3.09. The lowest BCUT2D eigenvalue weighted by atomic mass is 9.97. The highest BCUT2D eigenvalue weighted by Gasteiger charge is 2.34. The second-order valence-electron chi connectivity index (χ2n) is 8.24. The van der Waals surface area contributed by atoms with E-state index < -0.39 is 0 Å². The number of benzene rings is 2. The van der Waals surface area contributed by atoms with Crippen LogP contribution < -0.4 is 9.58 Å². The molecule has 148 valence electrons. The number of thiazole rings is 1. The lowest BCUT2D eigenvalue weighted by molar-refractivity contribution is -0.627. The second-order valence-corrected chi connectivity index (χ2v) is 9.25. The molecule has 0 unspecified atom stereocenters. The molecule has 4 rings (SSSR count). The van der Waals surface area contributed by atoms with Gasteiger partial charge in [0.2, 0.25) is 0 Å². The highest BCUT2D eigenvalue weighted by molar-refractivity contribution is 7.21. The van der Waals surface area contributed by atoms with E-state index in [1.807, 2.05) is 31.3 Å². The van der Waals surface area contributed by atoms with Crippen molar-refractivity contribution < 1.29 is 4.57 Å². The Bertz CT molecular complexity index is 1130. The van der Waals surface area contributed by atoms with Crippen LogP contribution in [0.5, 0.6) is 0 Å². The fourth-order valence-corrected chi connectivity index (χ4v) is 4.55. The number of aromatic nitrogens is 1. The highest BCUT2D eigenvalue weighted by Crippen LogP contribution is 2.34. The van der Waals surface area contributed by atoms with Gasteiger partial charge in [0.25, 0.3) is 0 Å². The van der Waals surface area contributed by atoms with Crippen molar-refractivity contribution in [1.82, 2.24) is 0 Å². The number of nitrogens with zero attached hydrogens (tertiary/aromatic N) is 5. The van der Waals surface area contributed by atoms with Crippen molar-refractivity contribution in [1.29, 1.82) is 0 Å². The Morgan fingerprint density at radius 3 is 2.52 bits per heavy atom. The van der Waals surface area contributed by atoms with Gasteiger partial charge in [0.15, 0.2) is 0 Å². The van der Waals surface area contributed by atoms with Crippen LogP contribution in [0.4, 0.5) is 16.5 Å². The first-order valence-electron chi connectivity index (χ1n) is 9.75. The number of para-hydroxylation sites is 1. The minimum absolute atomic E-state index is 0.0465. The molecule has 0 fully saturated rings. The van der Waals surface area contributed by atoms with Crippen LogP contribution in [-0.2, 0) is 7.05 Å². The molecule has 0 N–H and O–H groups in total. The summed E-state index contributed by atoms with van der Waals surface area (Å²) < 4.78 is 3.28. The van der Waals surface area contributed by atoms with Crippen LogP contribution in [-0.4, -0.2) is 11.3 Å². The van der Waals surface area contributed by atoms with E-state index in [-0.39, 0.29) is 5.54 Å². The zero-order valence-electron chi connectivity index (χ0n) is 17.5. The van der Waals surface area contributed by atoms with Crippen LogP contribution in [0.25, 0.3) is 10.2 Å². The molecule has 2 heterocycles.